The molecule has 116 valence electrons. The van der Waals surface area contributed by atoms with E-state index in [4.69, 9.17) is 0 Å². The quantitative estimate of drug-likeness (QED) is 0.858. The van der Waals surface area contributed by atoms with Crippen LogP contribution in [0.2, 0.25) is 0 Å². The number of carbonyl (C=O) groups is 1. The molecule has 0 aromatic carbocycles. The van der Waals surface area contributed by atoms with Crippen molar-refractivity contribution in [2.45, 2.75) is 64.6 Å². The fraction of sp³-hybridized carbons (Fsp3) is 0.750. The van der Waals surface area contributed by atoms with Gasteiger partial charge in [-0.3, -0.25) is 9.69 Å². The van der Waals surface area contributed by atoms with E-state index in [0.29, 0.717) is 24.4 Å². The molecule has 1 aromatic rings. The Morgan fingerprint density at radius 3 is 2.81 bits per heavy atom. The van der Waals surface area contributed by atoms with Gasteiger partial charge in [0.25, 0.3) is 0 Å². The van der Waals surface area contributed by atoms with Gasteiger partial charge in [-0.2, -0.15) is 0 Å². The molecule has 5 heteroatoms. The Kier molecular flexibility index (Phi) is 4.60. The van der Waals surface area contributed by atoms with Gasteiger partial charge in [-0.05, 0) is 39.2 Å². The maximum Gasteiger partial charge on any atom is 0.222 e. The van der Waals surface area contributed by atoms with Gasteiger partial charge < -0.3 is 4.90 Å². The largest absolute Gasteiger partial charge is 0.338 e. The first-order valence-corrected chi connectivity index (χ1v) is 8.95. The molecule has 1 amide bonds. The predicted molar refractivity (Wildman–Crippen MR) is 85.3 cm³/mol. The summed E-state index contributed by atoms with van der Waals surface area (Å²) in [7, 11) is 0. The third-order valence-corrected chi connectivity index (χ3v) is 5.71. The Morgan fingerprint density at radius 1 is 1.33 bits per heavy atom. The van der Waals surface area contributed by atoms with Gasteiger partial charge in [0.15, 0.2) is 0 Å². The first kappa shape index (κ1) is 15.0. The standard InChI is InChI=1S/C16H25N3OS/c1-3-16(20)19-9-5-7-15(19)14-6-4-8-18(14)11-13-10-17-12(2)21-13/h10,14-15H,3-9,11H2,1-2H3/t14-,15-/m1/s1. The summed E-state index contributed by atoms with van der Waals surface area (Å²) in [5, 5.41) is 1.14. The molecule has 0 spiro atoms. The van der Waals surface area contributed by atoms with E-state index in [1.165, 1.54) is 30.6 Å². The van der Waals surface area contributed by atoms with Crippen LogP contribution in [-0.2, 0) is 11.3 Å². The van der Waals surface area contributed by atoms with Gasteiger partial charge in [0.05, 0.1) is 5.01 Å². The molecule has 0 bridgehead atoms. The molecular weight excluding hydrogens is 282 g/mol. The van der Waals surface area contributed by atoms with Gasteiger partial charge in [0, 0.05) is 42.7 Å². The van der Waals surface area contributed by atoms with Gasteiger partial charge in [-0.1, -0.05) is 6.92 Å². The van der Waals surface area contributed by atoms with Crippen molar-refractivity contribution in [3.8, 4) is 0 Å². The number of thiazole rings is 1. The molecule has 0 saturated carbocycles. The molecule has 2 aliphatic rings. The van der Waals surface area contributed by atoms with Crippen LogP contribution in [0.1, 0.15) is 48.9 Å². The number of aromatic nitrogens is 1. The van der Waals surface area contributed by atoms with Gasteiger partial charge >= 0.3 is 0 Å². The van der Waals surface area contributed by atoms with Crippen molar-refractivity contribution < 1.29 is 4.79 Å². The molecule has 2 atom stereocenters. The summed E-state index contributed by atoms with van der Waals surface area (Å²) in [5.74, 6) is 0.331. The van der Waals surface area contributed by atoms with Crippen molar-refractivity contribution in [3.05, 3.63) is 16.1 Å². The van der Waals surface area contributed by atoms with E-state index in [9.17, 15) is 4.79 Å². The second-order valence-electron chi connectivity index (χ2n) is 6.18. The van der Waals surface area contributed by atoms with E-state index in [2.05, 4.69) is 21.7 Å². The molecule has 0 N–H and O–H groups in total. The summed E-state index contributed by atoms with van der Waals surface area (Å²) in [4.78, 5) is 22.6. The fourth-order valence-corrected chi connectivity index (χ4v) is 4.69. The molecule has 3 rings (SSSR count). The summed E-state index contributed by atoms with van der Waals surface area (Å²) in [6.45, 7) is 7.16. The third kappa shape index (κ3) is 3.14. The summed E-state index contributed by atoms with van der Waals surface area (Å²) in [5.41, 5.74) is 0. The molecule has 0 radical (unpaired) electrons. The molecule has 21 heavy (non-hydrogen) atoms. The van der Waals surface area contributed by atoms with Crippen LogP contribution in [0.5, 0.6) is 0 Å². The summed E-state index contributed by atoms with van der Waals surface area (Å²) in [6.07, 6.45) is 7.48. The number of nitrogens with zero attached hydrogens (tertiary/aromatic N) is 3. The highest BCUT2D eigenvalue weighted by Crippen LogP contribution is 2.32. The topological polar surface area (TPSA) is 36.4 Å². The predicted octanol–water partition coefficient (Wildman–Crippen LogP) is 2.82. The van der Waals surface area contributed by atoms with E-state index in [0.717, 1.165) is 24.6 Å². The Hall–Kier alpha value is -0.940. The van der Waals surface area contributed by atoms with E-state index in [-0.39, 0.29) is 0 Å². The van der Waals surface area contributed by atoms with Crippen molar-refractivity contribution in [1.29, 1.82) is 0 Å². The number of hydrogen-bond donors (Lipinski definition) is 0. The molecule has 2 saturated heterocycles. The van der Waals surface area contributed by atoms with Crippen molar-refractivity contribution in [2.75, 3.05) is 13.1 Å². The first-order chi connectivity index (χ1) is 10.2. The number of hydrogen-bond acceptors (Lipinski definition) is 4. The number of rotatable bonds is 4. The van der Waals surface area contributed by atoms with Crippen LogP contribution >= 0.6 is 11.3 Å². The molecule has 2 fully saturated rings. The minimum absolute atomic E-state index is 0.331. The molecule has 4 nitrogen and oxygen atoms in total. The Bertz CT molecular complexity index is 501. The second kappa shape index (κ2) is 6.44. The minimum Gasteiger partial charge on any atom is -0.338 e. The van der Waals surface area contributed by atoms with E-state index in [1.807, 2.05) is 13.1 Å². The smallest absolute Gasteiger partial charge is 0.222 e. The SMILES string of the molecule is CCC(=O)N1CCC[C@@H]1[C@H]1CCCN1Cc1cnc(C)s1. The molecule has 0 aliphatic carbocycles. The van der Waals surface area contributed by atoms with Gasteiger partial charge in [-0.15, -0.1) is 11.3 Å². The summed E-state index contributed by atoms with van der Waals surface area (Å²) < 4.78 is 0. The van der Waals surface area contributed by atoms with Crippen LogP contribution in [0.4, 0.5) is 0 Å². The normalized spacial score (nSPS) is 26.7. The molecular formula is C16H25N3OS. The Morgan fingerprint density at radius 2 is 2.10 bits per heavy atom. The highest BCUT2D eigenvalue weighted by molar-refractivity contribution is 7.11. The van der Waals surface area contributed by atoms with Crippen LogP contribution in [0.15, 0.2) is 6.20 Å². The number of likely N-dealkylation sites (tertiary alicyclic amines) is 2. The van der Waals surface area contributed by atoms with Crippen LogP contribution in [-0.4, -0.2) is 45.9 Å². The second-order valence-corrected chi connectivity index (χ2v) is 7.50. The lowest BCUT2D eigenvalue weighted by molar-refractivity contribution is -0.132. The van der Waals surface area contributed by atoms with E-state index in [1.54, 1.807) is 11.3 Å². The first-order valence-electron chi connectivity index (χ1n) is 8.14. The van der Waals surface area contributed by atoms with Crippen molar-refractivity contribution in [2.24, 2.45) is 0 Å². The Labute approximate surface area is 131 Å². The monoisotopic (exact) mass is 307 g/mol. The summed E-state index contributed by atoms with van der Waals surface area (Å²) >= 11 is 1.80. The third-order valence-electron chi connectivity index (χ3n) is 4.81. The van der Waals surface area contributed by atoms with Crippen molar-refractivity contribution in [1.82, 2.24) is 14.8 Å². The average molecular weight is 307 g/mol. The lowest BCUT2D eigenvalue weighted by atomic mass is 10.0. The lowest BCUT2D eigenvalue weighted by Crippen LogP contribution is -2.47. The van der Waals surface area contributed by atoms with Gasteiger partial charge in [0.1, 0.15) is 0 Å². The maximum atomic E-state index is 12.1. The van der Waals surface area contributed by atoms with Crippen molar-refractivity contribution in [3.63, 3.8) is 0 Å². The average Bonchev–Trinajstić information content (AvgIpc) is 3.18. The van der Waals surface area contributed by atoms with Crippen LogP contribution in [0.3, 0.4) is 0 Å². The van der Waals surface area contributed by atoms with Crippen LogP contribution in [0, 0.1) is 6.92 Å². The fourth-order valence-electron chi connectivity index (χ4n) is 3.87. The zero-order chi connectivity index (χ0) is 14.8. The molecule has 1 aromatic heterocycles. The minimum atomic E-state index is 0.331. The maximum absolute atomic E-state index is 12.1. The lowest BCUT2D eigenvalue weighted by Gasteiger charge is -2.34. The van der Waals surface area contributed by atoms with Crippen LogP contribution < -0.4 is 0 Å². The van der Waals surface area contributed by atoms with Crippen LogP contribution in [0.25, 0.3) is 0 Å². The van der Waals surface area contributed by atoms with E-state index >= 15 is 0 Å². The number of carbonyl (C=O) groups excluding carboxylic acids is 1. The highest BCUT2D eigenvalue weighted by Gasteiger charge is 2.39. The van der Waals surface area contributed by atoms with Crippen molar-refractivity contribution >= 4 is 17.2 Å². The van der Waals surface area contributed by atoms with Gasteiger partial charge in [-0.25, -0.2) is 4.98 Å². The van der Waals surface area contributed by atoms with Gasteiger partial charge in [0.2, 0.25) is 5.91 Å². The summed E-state index contributed by atoms with van der Waals surface area (Å²) in [6, 6.07) is 0.986. The Balaban J connectivity index is 1.69. The molecule has 0 unspecified atom stereocenters. The number of amides is 1. The highest BCUT2D eigenvalue weighted by atomic mass is 32.1. The zero-order valence-electron chi connectivity index (χ0n) is 13.0. The number of aryl methyl sites for hydroxylation is 1. The van der Waals surface area contributed by atoms with E-state index < -0.39 is 0 Å². The molecule has 2 aliphatic heterocycles. The zero-order valence-corrected chi connectivity index (χ0v) is 13.9. The molecule has 3 heterocycles.